The van der Waals surface area contributed by atoms with Gasteiger partial charge in [-0.25, -0.2) is 4.90 Å². The Morgan fingerprint density at radius 3 is 2.62 bits per heavy atom. The van der Waals surface area contributed by atoms with Gasteiger partial charge in [-0.3, -0.25) is 9.59 Å². The molecule has 134 valence electrons. The van der Waals surface area contributed by atoms with Gasteiger partial charge < -0.3 is 4.98 Å². The summed E-state index contributed by atoms with van der Waals surface area (Å²) in [6.45, 7) is 2.13. The summed E-state index contributed by atoms with van der Waals surface area (Å²) < 4.78 is 0. The Morgan fingerprint density at radius 2 is 1.85 bits per heavy atom. The van der Waals surface area contributed by atoms with E-state index in [2.05, 4.69) is 18.0 Å². The molecule has 0 spiro atoms. The molecule has 2 heterocycles. The highest BCUT2D eigenvalue weighted by Gasteiger charge is 2.57. The van der Waals surface area contributed by atoms with E-state index < -0.39 is 0 Å². The van der Waals surface area contributed by atoms with Gasteiger partial charge in [0.15, 0.2) is 0 Å². The molecule has 1 saturated carbocycles. The topological polar surface area (TPSA) is 53.2 Å². The highest BCUT2D eigenvalue weighted by Crippen LogP contribution is 2.56. The first-order valence-corrected chi connectivity index (χ1v) is 9.85. The van der Waals surface area contributed by atoms with Crippen LogP contribution in [0, 0.1) is 11.8 Å². The quantitative estimate of drug-likeness (QED) is 0.830. The molecule has 4 atom stereocenters. The number of carbonyl (C=O) groups excluding carboxylic acids is 2. The van der Waals surface area contributed by atoms with Crippen LogP contribution in [0.3, 0.4) is 0 Å². The van der Waals surface area contributed by atoms with Crippen molar-refractivity contribution in [1.29, 1.82) is 0 Å². The number of fused-ring (bicyclic) bond motifs is 6. The van der Waals surface area contributed by atoms with Gasteiger partial charge in [-0.2, -0.15) is 0 Å². The summed E-state index contributed by atoms with van der Waals surface area (Å²) in [5.41, 5.74) is 4.21. The molecule has 2 aromatic rings. The molecule has 2 fully saturated rings. The van der Waals surface area contributed by atoms with Crippen LogP contribution in [0.1, 0.15) is 61.4 Å². The van der Waals surface area contributed by atoms with E-state index in [0.717, 1.165) is 31.2 Å². The first kappa shape index (κ1) is 15.9. The van der Waals surface area contributed by atoms with Gasteiger partial charge in [0.05, 0.1) is 17.5 Å². The number of para-hydroxylation sites is 1. The molecule has 0 radical (unpaired) electrons. The van der Waals surface area contributed by atoms with Crippen molar-refractivity contribution in [2.45, 2.75) is 50.9 Å². The van der Waals surface area contributed by atoms with Gasteiger partial charge in [-0.05, 0) is 48.9 Å². The van der Waals surface area contributed by atoms with Crippen molar-refractivity contribution in [2.75, 3.05) is 4.90 Å². The number of amides is 2. The first-order chi connectivity index (χ1) is 12.7. The predicted molar refractivity (Wildman–Crippen MR) is 100 cm³/mol. The number of benzene rings is 1. The fourth-order valence-corrected chi connectivity index (χ4v) is 5.53. The van der Waals surface area contributed by atoms with Crippen molar-refractivity contribution in [3.63, 3.8) is 0 Å². The maximum Gasteiger partial charge on any atom is 0.242 e. The summed E-state index contributed by atoms with van der Waals surface area (Å²) in [5.74, 6) is 0.142. The van der Waals surface area contributed by atoms with Gasteiger partial charge in [-0.15, -0.1) is 0 Å². The molecule has 4 heteroatoms. The number of anilines is 1. The largest absolute Gasteiger partial charge is 0.362 e. The Morgan fingerprint density at radius 1 is 1.08 bits per heavy atom. The van der Waals surface area contributed by atoms with Gasteiger partial charge in [0.1, 0.15) is 0 Å². The predicted octanol–water partition coefficient (Wildman–Crippen LogP) is 4.14. The third-order valence-electron chi connectivity index (χ3n) is 6.67. The van der Waals surface area contributed by atoms with Gasteiger partial charge in [0, 0.05) is 17.3 Å². The third-order valence-corrected chi connectivity index (χ3v) is 6.67. The number of aryl methyl sites for hydroxylation is 1. The molecular formula is C22H24N2O2. The second kappa shape index (κ2) is 5.83. The number of rotatable bonds is 2. The lowest BCUT2D eigenvalue weighted by atomic mass is 9.62. The van der Waals surface area contributed by atoms with E-state index in [1.54, 1.807) is 0 Å². The minimum atomic E-state index is -0.311. The smallest absolute Gasteiger partial charge is 0.242 e. The zero-order valence-electron chi connectivity index (χ0n) is 15.1. The highest BCUT2D eigenvalue weighted by molar-refractivity contribution is 6.24. The number of aromatic nitrogens is 1. The monoisotopic (exact) mass is 348 g/mol. The van der Waals surface area contributed by atoms with Gasteiger partial charge >= 0.3 is 0 Å². The number of nitrogens with zero attached hydrogens (tertiary/aromatic N) is 1. The van der Waals surface area contributed by atoms with E-state index in [-0.39, 0.29) is 29.6 Å². The highest BCUT2D eigenvalue weighted by atomic mass is 16.2. The molecule has 2 amide bonds. The van der Waals surface area contributed by atoms with E-state index in [4.69, 9.17) is 0 Å². The number of nitrogens with one attached hydrogen (secondary N) is 1. The van der Waals surface area contributed by atoms with Crippen molar-refractivity contribution in [2.24, 2.45) is 11.8 Å². The SMILES string of the molecule is CCc1cc2c([nH]1)[C@@H]1CCCC[C@@H]1[C@@H]1C(=O)N(c3ccccc3)C(=O)[C@H]21. The molecule has 0 unspecified atom stereocenters. The maximum absolute atomic E-state index is 13.4. The standard InChI is InChI=1S/C22H24N2O2/c1-2-13-12-17-19-18(15-10-6-7-11-16(15)20(17)23-13)21(25)24(22(19)26)14-8-4-3-5-9-14/h3-5,8-9,12,15-16,18-19,23H,2,6-7,10-11H2,1H3/t15-,16+,18-,19+/m0/s1. The normalized spacial score (nSPS) is 30.1. The third kappa shape index (κ3) is 2.08. The Hall–Kier alpha value is -2.36. The average molecular weight is 348 g/mol. The fourth-order valence-electron chi connectivity index (χ4n) is 5.53. The van der Waals surface area contributed by atoms with Crippen LogP contribution in [-0.2, 0) is 16.0 Å². The molecule has 0 bridgehead atoms. The maximum atomic E-state index is 13.4. The van der Waals surface area contributed by atoms with Gasteiger partial charge in [0.25, 0.3) is 0 Å². The Bertz CT molecular complexity index is 870. The van der Waals surface area contributed by atoms with Crippen LogP contribution in [0.4, 0.5) is 5.69 Å². The average Bonchev–Trinajstić information content (AvgIpc) is 3.22. The van der Waals surface area contributed by atoms with E-state index >= 15 is 0 Å². The summed E-state index contributed by atoms with van der Waals surface area (Å²) in [7, 11) is 0. The van der Waals surface area contributed by atoms with Crippen molar-refractivity contribution < 1.29 is 9.59 Å². The van der Waals surface area contributed by atoms with E-state index in [9.17, 15) is 9.59 Å². The molecule has 1 aromatic heterocycles. The molecule has 1 N–H and O–H groups in total. The number of carbonyl (C=O) groups is 2. The van der Waals surface area contributed by atoms with Crippen LogP contribution < -0.4 is 4.90 Å². The molecule has 1 aromatic carbocycles. The Labute approximate surface area is 153 Å². The van der Waals surface area contributed by atoms with Crippen LogP contribution in [0.2, 0.25) is 0 Å². The van der Waals surface area contributed by atoms with E-state index in [1.165, 1.54) is 22.7 Å². The second-order valence-electron chi connectivity index (χ2n) is 7.92. The van der Waals surface area contributed by atoms with Crippen LogP contribution >= 0.6 is 0 Å². The summed E-state index contributed by atoms with van der Waals surface area (Å²) in [5, 5.41) is 0. The molecule has 1 aliphatic heterocycles. The van der Waals surface area contributed by atoms with Crippen LogP contribution in [0.15, 0.2) is 36.4 Å². The first-order valence-electron chi connectivity index (χ1n) is 9.85. The fraction of sp³-hybridized carbons (Fsp3) is 0.455. The van der Waals surface area contributed by atoms with Crippen LogP contribution in [-0.4, -0.2) is 16.8 Å². The number of H-pyrrole nitrogens is 1. The number of aromatic amines is 1. The lowest BCUT2D eigenvalue weighted by molar-refractivity contribution is -0.123. The lowest BCUT2D eigenvalue weighted by Gasteiger charge is -2.40. The molecule has 4 nitrogen and oxygen atoms in total. The zero-order chi connectivity index (χ0) is 17.8. The molecule has 2 aliphatic carbocycles. The molecule has 3 aliphatic rings. The molecule has 26 heavy (non-hydrogen) atoms. The number of hydrogen-bond donors (Lipinski definition) is 1. The Balaban J connectivity index is 1.65. The van der Waals surface area contributed by atoms with E-state index in [0.29, 0.717) is 11.6 Å². The number of imide groups is 1. The molecule has 5 rings (SSSR count). The summed E-state index contributed by atoms with van der Waals surface area (Å²) in [6.07, 6.45) is 5.47. The van der Waals surface area contributed by atoms with E-state index in [1.807, 2.05) is 30.3 Å². The van der Waals surface area contributed by atoms with Crippen molar-refractivity contribution in [1.82, 2.24) is 4.98 Å². The lowest BCUT2D eigenvalue weighted by Crippen LogP contribution is -2.37. The minimum absolute atomic E-state index is 0.00741. The van der Waals surface area contributed by atoms with Gasteiger partial charge in [-0.1, -0.05) is 38.0 Å². The van der Waals surface area contributed by atoms with Gasteiger partial charge in [0.2, 0.25) is 11.8 Å². The molecular weight excluding hydrogens is 324 g/mol. The zero-order valence-corrected chi connectivity index (χ0v) is 15.1. The summed E-state index contributed by atoms with van der Waals surface area (Å²) in [4.78, 5) is 31.8. The summed E-state index contributed by atoms with van der Waals surface area (Å²) >= 11 is 0. The second-order valence-corrected chi connectivity index (χ2v) is 7.92. The van der Waals surface area contributed by atoms with Crippen LogP contribution in [0.5, 0.6) is 0 Å². The van der Waals surface area contributed by atoms with Crippen molar-refractivity contribution >= 4 is 17.5 Å². The van der Waals surface area contributed by atoms with Crippen LogP contribution in [0.25, 0.3) is 0 Å². The van der Waals surface area contributed by atoms with Crippen molar-refractivity contribution in [3.8, 4) is 0 Å². The Kier molecular flexibility index (Phi) is 3.56. The minimum Gasteiger partial charge on any atom is -0.362 e. The van der Waals surface area contributed by atoms with Crippen molar-refractivity contribution in [3.05, 3.63) is 53.3 Å². The number of hydrogen-bond acceptors (Lipinski definition) is 2. The summed E-state index contributed by atoms with van der Waals surface area (Å²) in [6, 6.07) is 11.6. The molecule has 1 saturated heterocycles.